The van der Waals surface area contributed by atoms with E-state index in [4.69, 9.17) is 12.2 Å². The van der Waals surface area contributed by atoms with E-state index in [0.29, 0.717) is 0 Å². The molecule has 2 rings (SSSR count). The van der Waals surface area contributed by atoms with E-state index in [0.717, 1.165) is 20.1 Å². The number of H-pyrrole nitrogens is 1. The molecule has 0 unspecified atom stereocenters. The van der Waals surface area contributed by atoms with Gasteiger partial charge in [0.25, 0.3) is 0 Å². The van der Waals surface area contributed by atoms with E-state index in [2.05, 4.69) is 9.97 Å². The van der Waals surface area contributed by atoms with E-state index in [1.54, 1.807) is 0 Å². The summed E-state index contributed by atoms with van der Waals surface area (Å²) in [6.45, 7) is 0. The number of thiazole rings is 1. The van der Waals surface area contributed by atoms with Crippen LogP contribution in [0.25, 0.3) is 10.3 Å². The van der Waals surface area contributed by atoms with Crippen LogP contribution in [0.1, 0.15) is 0 Å². The number of rotatable bonds is 1. The normalized spacial score (nSPS) is 10.6. The molecular formula is C8H9N3S2. The number of nitrogens with one attached hydrogen (secondary N) is 1. The Balaban J connectivity index is 2.68. The third kappa shape index (κ3) is 1.57. The van der Waals surface area contributed by atoms with E-state index in [1.165, 1.54) is 11.3 Å². The molecule has 0 atom stereocenters. The van der Waals surface area contributed by atoms with Gasteiger partial charge in [-0.1, -0.05) is 11.3 Å². The number of fused-ring (bicyclic) bond motifs is 1. The van der Waals surface area contributed by atoms with Crippen LogP contribution in [0.15, 0.2) is 12.1 Å². The first kappa shape index (κ1) is 8.65. The third-order valence-corrected chi connectivity index (χ3v) is 2.87. The van der Waals surface area contributed by atoms with E-state index in [1.807, 2.05) is 31.1 Å². The number of aromatic nitrogens is 2. The lowest BCUT2D eigenvalue weighted by atomic mass is 10.4. The van der Waals surface area contributed by atoms with Gasteiger partial charge in [0.2, 0.25) is 0 Å². The lowest BCUT2D eigenvalue weighted by molar-refractivity contribution is 1.08. The molecule has 5 heteroatoms. The zero-order chi connectivity index (χ0) is 9.42. The van der Waals surface area contributed by atoms with Gasteiger partial charge >= 0.3 is 0 Å². The minimum absolute atomic E-state index is 0.776. The summed E-state index contributed by atoms with van der Waals surface area (Å²) in [5.74, 6) is 0.956. The maximum absolute atomic E-state index is 5.03. The Labute approximate surface area is 85.0 Å². The van der Waals surface area contributed by atoms with Gasteiger partial charge in [0.1, 0.15) is 10.6 Å². The Morgan fingerprint density at radius 3 is 2.92 bits per heavy atom. The quantitative estimate of drug-likeness (QED) is 0.735. The molecule has 0 amide bonds. The summed E-state index contributed by atoms with van der Waals surface area (Å²) in [5, 5.41) is 0. The van der Waals surface area contributed by atoms with Crippen molar-refractivity contribution in [3.63, 3.8) is 0 Å². The van der Waals surface area contributed by atoms with Crippen LogP contribution in [0.3, 0.4) is 0 Å². The third-order valence-electron chi connectivity index (χ3n) is 1.73. The predicted molar refractivity (Wildman–Crippen MR) is 59.1 cm³/mol. The average molecular weight is 211 g/mol. The van der Waals surface area contributed by atoms with Crippen molar-refractivity contribution in [3.8, 4) is 0 Å². The van der Waals surface area contributed by atoms with Crippen molar-refractivity contribution in [2.24, 2.45) is 0 Å². The topological polar surface area (TPSA) is 31.9 Å². The van der Waals surface area contributed by atoms with Crippen LogP contribution in [0.4, 0.5) is 5.82 Å². The average Bonchev–Trinajstić information content (AvgIpc) is 2.42. The fraction of sp³-hybridized carbons (Fsp3) is 0.250. The summed E-state index contributed by atoms with van der Waals surface area (Å²) in [5.41, 5.74) is 1.01. The molecule has 68 valence electrons. The van der Waals surface area contributed by atoms with Crippen LogP contribution in [-0.2, 0) is 0 Å². The molecule has 0 aliphatic carbocycles. The van der Waals surface area contributed by atoms with Gasteiger partial charge in [-0.05, 0) is 24.4 Å². The molecule has 2 aromatic rings. The summed E-state index contributed by atoms with van der Waals surface area (Å²) < 4.78 is 0.776. The fourth-order valence-corrected chi connectivity index (χ4v) is 2.13. The Morgan fingerprint density at radius 1 is 1.46 bits per heavy atom. The van der Waals surface area contributed by atoms with Crippen LogP contribution in [0.2, 0.25) is 0 Å². The monoisotopic (exact) mass is 211 g/mol. The molecule has 0 saturated heterocycles. The van der Waals surface area contributed by atoms with Crippen molar-refractivity contribution in [2.45, 2.75) is 0 Å². The highest BCUT2D eigenvalue weighted by Gasteiger charge is 2.01. The zero-order valence-corrected chi connectivity index (χ0v) is 9.00. The molecule has 13 heavy (non-hydrogen) atoms. The molecule has 0 radical (unpaired) electrons. The van der Waals surface area contributed by atoms with Crippen LogP contribution in [0.5, 0.6) is 0 Å². The second kappa shape index (κ2) is 3.08. The van der Waals surface area contributed by atoms with Crippen LogP contribution < -0.4 is 4.90 Å². The molecule has 0 bridgehead atoms. The zero-order valence-electron chi connectivity index (χ0n) is 7.37. The lowest BCUT2D eigenvalue weighted by Crippen LogP contribution is -2.09. The number of anilines is 1. The summed E-state index contributed by atoms with van der Waals surface area (Å²) in [6, 6.07) is 3.98. The Morgan fingerprint density at radius 2 is 2.23 bits per heavy atom. The second-order valence-electron chi connectivity index (χ2n) is 2.93. The van der Waals surface area contributed by atoms with Gasteiger partial charge in [-0.2, -0.15) is 0 Å². The molecule has 1 N–H and O–H groups in total. The fourth-order valence-electron chi connectivity index (χ4n) is 1.08. The molecule has 0 aromatic carbocycles. The summed E-state index contributed by atoms with van der Waals surface area (Å²) in [6.07, 6.45) is 0. The maximum atomic E-state index is 5.03. The SMILES string of the molecule is CN(C)c1ccc2[nH]c(=S)sc2n1. The Bertz CT molecular complexity index is 483. The molecule has 0 saturated carbocycles. The van der Waals surface area contributed by atoms with Gasteiger partial charge in [-0.15, -0.1) is 0 Å². The predicted octanol–water partition coefficient (Wildman–Crippen LogP) is 2.42. The summed E-state index contributed by atoms with van der Waals surface area (Å²) in [4.78, 5) is 10.5. The van der Waals surface area contributed by atoms with Crippen LogP contribution in [-0.4, -0.2) is 24.1 Å². The second-order valence-corrected chi connectivity index (χ2v) is 4.60. The van der Waals surface area contributed by atoms with E-state index < -0.39 is 0 Å². The van der Waals surface area contributed by atoms with Crippen LogP contribution >= 0.6 is 23.6 Å². The van der Waals surface area contributed by atoms with Crippen LogP contribution in [0, 0.1) is 3.95 Å². The van der Waals surface area contributed by atoms with Gasteiger partial charge in [0, 0.05) is 14.1 Å². The number of pyridine rings is 1. The van der Waals surface area contributed by atoms with Gasteiger partial charge in [0.05, 0.1) is 5.52 Å². The Kier molecular flexibility index (Phi) is 2.05. The molecule has 0 spiro atoms. The van der Waals surface area contributed by atoms with Crippen molar-refractivity contribution >= 4 is 39.7 Å². The van der Waals surface area contributed by atoms with E-state index >= 15 is 0 Å². The highest BCUT2D eigenvalue weighted by molar-refractivity contribution is 7.73. The molecule has 0 aliphatic heterocycles. The first-order chi connectivity index (χ1) is 6.16. The van der Waals surface area contributed by atoms with Crippen molar-refractivity contribution in [2.75, 3.05) is 19.0 Å². The molecular weight excluding hydrogens is 202 g/mol. The summed E-state index contributed by atoms with van der Waals surface area (Å²) >= 11 is 6.54. The van der Waals surface area contributed by atoms with Crippen molar-refractivity contribution < 1.29 is 0 Å². The highest BCUT2D eigenvalue weighted by atomic mass is 32.1. The molecule has 0 aliphatic rings. The highest BCUT2D eigenvalue weighted by Crippen LogP contribution is 2.20. The minimum Gasteiger partial charge on any atom is -0.363 e. The van der Waals surface area contributed by atoms with E-state index in [-0.39, 0.29) is 0 Å². The number of hydrogen-bond acceptors (Lipinski definition) is 4. The largest absolute Gasteiger partial charge is 0.363 e. The van der Waals surface area contributed by atoms with Crippen molar-refractivity contribution in [1.29, 1.82) is 0 Å². The standard InChI is InChI=1S/C8H9N3S2/c1-11(2)6-4-3-5-7(10-6)13-8(12)9-5/h3-4H,1-2H3,(H,9,12). The smallest absolute Gasteiger partial charge is 0.160 e. The molecule has 0 fully saturated rings. The number of hydrogen-bond donors (Lipinski definition) is 1. The van der Waals surface area contributed by atoms with Gasteiger partial charge in [-0.3, -0.25) is 0 Å². The van der Waals surface area contributed by atoms with Gasteiger partial charge < -0.3 is 9.88 Å². The summed E-state index contributed by atoms with van der Waals surface area (Å²) in [7, 11) is 3.94. The molecule has 2 aromatic heterocycles. The Hall–Kier alpha value is -0.940. The first-order valence-electron chi connectivity index (χ1n) is 3.84. The number of nitrogens with zero attached hydrogens (tertiary/aromatic N) is 2. The minimum atomic E-state index is 0.776. The van der Waals surface area contributed by atoms with Gasteiger partial charge in [0.15, 0.2) is 3.95 Å². The number of aromatic amines is 1. The lowest BCUT2D eigenvalue weighted by Gasteiger charge is -2.09. The van der Waals surface area contributed by atoms with Gasteiger partial charge in [-0.25, -0.2) is 4.98 Å². The van der Waals surface area contributed by atoms with E-state index in [9.17, 15) is 0 Å². The first-order valence-corrected chi connectivity index (χ1v) is 5.06. The van der Waals surface area contributed by atoms with Crippen molar-refractivity contribution in [1.82, 2.24) is 9.97 Å². The van der Waals surface area contributed by atoms with Crippen molar-refractivity contribution in [3.05, 3.63) is 16.1 Å². The molecule has 3 nitrogen and oxygen atoms in total. The molecule has 2 heterocycles. The maximum Gasteiger partial charge on any atom is 0.160 e.